The molecule has 0 radical (unpaired) electrons. The van der Waals surface area contributed by atoms with Crippen LogP contribution in [-0.2, 0) is 17.1 Å². The molecule has 3 N–H and O–H groups in total. The van der Waals surface area contributed by atoms with Crippen LogP contribution in [-0.4, -0.2) is 30.0 Å². The van der Waals surface area contributed by atoms with Crippen LogP contribution in [0.15, 0.2) is 43.1 Å². The molecule has 1 aliphatic carbocycles. The predicted octanol–water partition coefficient (Wildman–Crippen LogP) is 5.78. The van der Waals surface area contributed by atoms with Crippen molar-refractivity contribution in [2.45, 2.75) is 51.0 Å². The van der Waals surface area contributed by atoms with E-state index in [9.17, 15) is 31.1 Å². The second-order valence-electron chi connectivity index (χ2n) is 9.02. The second-order valence-corrected chi connectivity index (χ2v) is 9.02. The Morgan fingerprint density at radius 3 is 2.14 bits per heavy atom. The highest BCUT2D eigenvalue weighted by Gasteiger charge is 2.37. The molecule has 0 unspecified atom stereocenters. The third-order valence-corrected chi connectivity index (χ3v) is 6.12. The summed E-state index contributed by atoms with van der Waals surface area (Å²) in [6, 6.07) is 5.15. The fraction of sp³-hybridized carbons (Fsp3) is 0.440. The molecule has 1 heterocycles. The number of hydrogen-bond donors (Lipinski definition) is 3. The fourth-order valence-electron chi connectivity index (χ4n) is 4.04. The van der Waals surface area contributed by atoms with E-state index < -0.39 is 23.5 Å². The largest absolute Gasteiger partial charge is 0.416 e. The molecule has 2 aromatic rings. The molecule has 3 rings (SSSR count). The van der Waals surface area contributed by atoms with Crippen LogP contribution in [0, 0.1) is 12.8 Å². The number of pyridine rings is 1. The highest BCUT2D eigenvalue weighted by Crippen LogP contribution is 2.37. The van der Waals surface area contributed by atoms with E-state index in [1.165, 1.54) is 0 Å². The molecule has 1 aliphatic rings. The van der Waals surface area contributed by atoms with Crippen molar-refractivity contribution >= 4 is 17.4 Å². The number of aryl methyl sites for hydroxylation is 1. The molecule has 1 saturated carbocycles. The molecule has 1 fully saturated rings. The van der Waals surface area contributed by atoms with Crippen molar-refractivity contribution in [2.24, 2.45) is 5.92 Å². The van der Waals surface area contributed by atoms with Crippen LogP contribution < -0.4 is 16.0 Å². The van der Waals surface area contributed by atoms with Gasteiger partial charge in [-0.05, 0) is 73.9 Å². The maximum Gasteiger partial charge on any atom is 0.416 e. The maximum atomic E-state index is 13.1. The van der Waals surface area contributed by atoms with Gasteiger partial charge >= 0.3 is 12.4 Å². The number of rotatable bonds is 8. The van der Waals surface area contributed by atoms with Gasteiger partial charge in [0.2, 0.25) is 5.91 Å². The third kappa shape index (κ3) is 7.97. The van der Waals surface area contributed by atoms with Crippen LogP contribution in [0.4, 0.5) is 32.2 Å². The number of nitrogens with zero attached hydrogens (tertiary/aromatic N) is 1. The highest BCUT2D eigenvalue weighted by atomic mass is 19.4. The minimum atomic E-state index is -4.91. The molecular weight excluding hydrogens is 486 g/mol. The molecule has 1 amide bonds. The van der Waals surface area contributed by atoms with Crippen LogP contribution in [0.1, 0.15) is 47.9 Å². The van der Waals surface area contributed by atoms with Gasteiger partial charge in [-0.3, -0.25) is 4.79 Å². The number of aromatic nitrogens is 1. The molecular formula is C25H28F6N4O. The monoisotopic (exact) mass is 514 g/mol. The molecule has 0 saturated heterocycles. The Morgan fingerprint density at radius 2 is 1.61 bits per heavy atom. The number of anilines is 1. The summed E-state index contributed by atoms with van der Waals surface area (Å²) >= 11 is 0. The minimum absolute atomic E-state index is 0.00762. The predicted molar refractivity (Wildman–Crippen MR) is 125 cm³/mol. The van der Waals surface area contributed by atoms with Gasteiger partial charge in [0.1, 0.15) is 5.82 Å². The van der Waals surface area contributed by atoms with Gasteiger partial charge < -0.3 is 16.0 Å². The van der Waals surface area contributed by atoms with Gasteiger partial charge in [0, 0.05) is 24.5 Å². The highest BCUT2D eigenvalue weighted by molar-refractivity contribution is 5.91. The van der Waals surface area contributed by atoms with Gasteiger partial charge in [-0.2, -0.15) is 26.3 Å². The Labute approximate surface area is 205 Å². The number of amides is 1. The molecule has 1 aromatic heterocycles. The SMILES string of the molecule is C=C(NCC1CCC(NCC(=O)Nc2ccc(C)cn2)CC1)c1cc(C(F)(F)F)cc(C(F)(F)F)c1. The van der Waals surface area contributed by atoms with Crippen molar-refractivity contribution in [2.75, 3.05) is 18.4 Å². The summed E-state index contributed by atoms with van der Waals surface area (Å²) in [5.74, 6) is 0.453. The molecule has 196 valence electrons. The summed E-state index contributed by atoms with van der Waals surface area (Å²) in [6.07, 6.45) is -5.00. The zero-order valence-electron chi connectivity index (χ0n) is 19.7. The number of alkyl halides is 6. The van der Waals surface area contributed by atoms with E-state index in [0.29, 0.717) is 24.5 Å². The Balaban J connectivity index is 1.46. The molecule has 0 atom stereocenters. The van der Waals surface area contributed by atoms with E-state index in [2.05, 4.69) is 27.5 Å². The maximum absolute atomic E-state index is 13.1. The Bertz CT molecular complexity index is 1030. The summed E-state index contributed by atoms with van der Waals surface area (Å²) in [4.78, 5) is 16.2. The molecule has 36 heavy (non-hydrogen) atoms. The van der Waals surface area contributed by atoms with E-state index >= 15 is 0 Å². The van der Waals surface area contributed by atoms with Crippen LogP contribution in [0.2, 0.25) is 0 Å². The smallest absolute Gasteiger partial charge is 0.385 e. The van der Waals surface area contributed by atoms with Gasteiger partial charge in [-0.25, -0.2) is 4.98 Å². The van der Waals surface area contributed by atoms with Crippen LogP contribution >= 0.6 is 0 Å². The van der Waals surface area contributed by atoms with Gasteiger partial charge in [-0.1, -0.05) is 12.6 Å². The first-order valence-electron chi connectivity index (χ1n) is 11.5. The topological polar surface area (TPSA) is 66.0 Å². The van der Waals surface area contributed by atoms with E-state index in [4.69, 9.17) is 0 Å². The third-order valence-electron chi connectivity index (χ3n) is 6.12. The summed E-state index contributed by atoms with van der Waals surface area (Å²) < 4.78 is 78.6. The Hall–Kier alpha value is -3.08. The number of benzene rings is 1. The second kappa shape index (κ2) is 11.3. The van der Waals surface area contributed by atoms with E-state index in [-0.39, 0.29) is 41.7 Å². The van der Waals surface area contributed by atoms with Crippen molar-refractivity contribution < 1.29 is 31.1 Å². The lowest BCUT2D eigenvalue weighted by atomic mass is 9.86. The lowest BCUT2D eigenvalue weighted by Gasteiger charge is -2.29. The number of carbonyl (C=O) groups is 1. The van der Waals surface area contributed by atoms with E-state index in [1.807, 2.05) is 13.0 Å². The van der Waals surface area contributed by atoms with Crippen molar-refractivity contribution in [3.8, 4) is 0 Å². The average molecular weight is 515 g/mol. The Kier molecular flexibility index (Phi) is 8.65. The molecule has 0 spiro atoms. The van der Waals surface area contributed by atoms with Crippen LogP contribution in [0.5, 0.6) is 0 Å². The summed E-state index contributed by atoms with van der Waals surface area (Å²) in [5, 5.41) is 8.83. The normalized spacial score (nSPS) is 18.5. The summed E-state index contributed by atoms with van der Waals surface area (Å²) in [7, 11) is 0. The van der Waals surface area contributed by atoms with Crippen molar-refractivity contribution in [1.82, 2.24) is 15.6 Å². The first kappa shape index (κ1) is 27.5. The minimum Gasteiger partial charge on any atom is -0.385 e. The summed E-state index contributed by atoms with van der Waals surface area (Å²) in [6.45, 7) is 6.06. The average Bonchev–Trinajstić information content (AvgIpc) is 2.82. The molecule has 5 nitrogen and oxygen atoms in total. The van der Waals surface area contributed by atoms with E-state index in [0.717, 1.165) is 31.2 Å². The lowest BCUT2D eigenvalue weighted by Crippen LogP contribution is -2.39. The van der Waals surface area contributed by atoms with Crippen LogP contribution in [0.25, 0.3) is 5.70 Å². The molecule has 0 aliphatic heterocycles. The van der Waals surface area contributed by atoms with Gasteiger partial charge in [0.25, 0.3) is 0 Å². The summed E-state index contributed by atoms with van der Waals surface area (Å²) in [5.41, 5.74) is -2.00. The number of halogens is 6. The van der Waals surface area contributed by atoms with Gasteiger partial charge in [0.05, 0.1) is 17.7 Å². The first-order chi connectivity index (χ1) is 16.8. The zero-order valence-corrected chi connectivity index (χ0v) is 19.7. The Morgan fingerprint density at radius 1 is 1.00 bits per heavy atom. The quantitative estimate of drug-likeness (QED) is 0.391. The van der Waals surface area contributed by atoms with E-state index in [1.54, 1.807) is 12.3 Å². The van der Waals surface area contributed by atoms with Gasteiger partial charge in [0.15, 0.2) is 0 Å². The standard InChI is InChI=1S/C25H28F6N4O/c1-15-3-8-22(34-12-15)35-23(36)14-33-21-6-4-17(5-7-21)13-32-16(2)18-9-19(24(26,27)28)11-20(10-18)25(29,30)31/h3,8-12,17,21,32-33H,2,4-7,13-14H2,1H3,(H,34,35,36). The molecule has 0 bridgehead atoms. The van der Waals surface area contributed by atoms with Crippen LogP contribution in [0.3, 0.4) is 0 Å². The first-order valence-corrected chi connectivity index (χ1v) is 11.5. The molecule has 1 aromatic carbocycles. The zero-order chi connectivity index (χ0) is 26.5. The van der Waals surface area contributed by atoms with Crippen molar-refractivity contribution in [1.29, 1.82) is 0 Å². The molecule has 11 heteroatoms. The lowest BCUT2D eigenvalue weighted by molar-refractivity contribution is -0.143. The number of nitrogens with one attached hydrogen (secondary N) is 3. The number of hydrogen-bond acceptors (Lipinski definition) is 4. The number of carbonyl (C=O) groups excluding carboxylic acids is 1. The van der Waals surface area contributed by atoms with Gasteiger partial charge in [-0.15, -0.1) is 0 Å². The fourth-order valence-corrected chi connectivity index (χ4v) is 4.04. The van der Waals surface area contributed by atoms with Crippen molar-refractivity contribution in [3.05, 3.63) is 65.4 Å². The van der Waals surface area contributed by atoms with Crippen molar-refractivity contribution in [3.63, 3.8) is 0 Å².